The maximum absolute atomic E-state index is 13.5. The van der Waals surface area contributed by atoms with Gasteiger partial charge in [0.25, 0.3) is 5.91 Å². The highest BCUT2D eigenvalue weighted by molar-refractivity contribution is 7.89. The number of amides is 1. The molecule has 1 aromatic carbocycles. The number of halogens is 1. The molecular formula is C14H21FN2O3S. The fraction of sp³-hybridized carbons (Fsp3) is 0.500. The van der Waals surface area contributed by atoms with Crippen LogP contribution in [0.3, 0.4) is 0 Å². The number of sulfonamides is 1. The third-order valence-corrected chi connectivity index (χ3v) is 4.31. The van der Waals surface area contributed by atoms with Crippen LogP contribution in [-0.2, 0) is 10.0 Å². The van der Waals surface area contributed by atoms with Crippen molar-refractivity contribution in [1.29, 1.82) is 0 Å². The molecule has 2 N–H and O–H groups in total. The molecule has 0 fully saturated rings. The predicted octanol–water partition coefficient (Wildman–Crippen LogP) is 1.98. The molecule has 0 aliphatic rings. The van der Waals surface area contributed by atoms with Gasteiger partial charge in [-0.25, -0.2) is 17.9 Å². The minimum atomic E-state index is -4.20. The number of nitrogens with zero attached hydrogens (tertiary/aromatic N) is 1. The van der Waals surface area contributed by atoms with Crippen LogP contribution in [0.1, 0.15) is 37.6 Å². The van der Waals surface area contributed by atoms with Crippen molar-refractivity contribution >= 4 is 15.9 Å². The third kappa shape index (κ3) is 4.50. The molecule has 0 bridgehead atoms. The first-order valence-electron chi connectivity index (χ1n) is 6.82. The normalized spacial score (nSPS) is 13.0. The van der Waals surface area contributed by atoms with Crippen LogP contribution in [0.5, 0.6) is 0 Å². The van der Waals surface area contributed by atoms with Crippen molar-refractivity contribution in [1.82, 2.24) is 4.90 Å². The van der Waals surface area contributed by atoms with Crippen molar-refractivity contribution in [2.24, 2.45) is 11.1 Å². The Hall–Kier alpha value is -1.47. The van der Waals surface area contributed by atoms with Gasteiger partial charge in [-0.3, -0.25) is 4.79 Å². The number of benzene rings is 1. The summed E-state index contributed by atoms with van der Waals surface area (Å²) in [5, 5.41) is 4.94. The van der Waals surface area contributed by atoms with Gasteiger partial charge in [0.05, 0.1) is 0 Å². The second-order valence-corrected chi connectivity index (χ2v) is 6.58. The Bertz CT molecular complexity index is 617. The molecule has 1 rings (SSSR count). The van der Waals surface area contributed by atoms with Gasteiger partial charge in [0.2, 0.25) is 10.0 Å². The molecule has 118 valence electrons. The molecule has 1 aromatic rings. The number of rotatable bonds is 6. The molecule has 0 aromatic heterocycles. The predicted molar refractivity (Wildman–Crippen MR) is 78.8 cm³/mol. The molecule has 0 heterocycles. The number of hydrogen-bond acceptors (Lipinski definition) is 3. The molecule has 1 amide bonds. The van der Waals surface area contributed by atoms with Crippen LogP contribution in [0.4, 0.5) is 4.39 Å². The summed E-state index contributed by atoms with van der Waals surface area (Å²) in [4.78, 5) is 13.3. The molecule has 21 heavy (non-hydrogen) atoms. The van der Waals surface area contributed by atoms with E-state index in [0.717, 1.165) is 18.6 Å². The molecule has 1 atom stereocenters. The van der Waals surface area contributed by atoms with Crippen molar-refractivity contribution in [2.45, 2.75) is 32.1 Å². The van der Waals surface area contributed by atoms with Crippen LogP contribution < -0.4 is 5.14 Å². The van der Waals surface area contributed by atoms with E-state index in [4.69, 9.17) is 5.14 Å². The topological polar surface area (TPSA) is 80.5 Å². The average Bonchev–Trinajstić information content (AvgIpc) is 2.42. The number of carbonyl (C=O) groups excluding carboxylic acids is 1. The summed E-state index contributed by atoms with van der Waals surface area (Å²) in [5.74, 6) is -0.964. The monoisotopic (exact) mass is 316 g/mol. The lowest BCUT2D eigenvalue weighted by Gasteiger charge is -2.24. The molecule has 1 unspecified atom stereocenters. The van der Waals surface area contributed by atoms with Gasteiger partial charge in [-0.05, 0) is 31.0 Å². The van der Waals surface area contributed by atoms with Crippen LogP contribution >= 0.6 is 0 Å². The molecule has 0 aliphatic heterocycles. The van der Waals surface area contributed by atoms with Crippen LogP contribution in [-0.4, -0.2) is 32.3 Å². The van der Waals surface area contributed by atoms with E-state index in [1.807, 2.05) is 20.8 Å². The molecule has 0 aliphatic carbocycles. The minimum Gasteiger partial charge on any atom is -0.339 e. The smallest absolute Gasteiger partial charge is 0.253 e. The highest BCUT2D eigenvalue weighted by Gasteiger charge is 2.21. The zero-order chi connectivity index (χ0) is 16.2. The van der Waals surface area contributed by atoms with Crippen LogP contribution in [0.2, 0.25) is 0 Å². The van der Waals surface area contributed by atoms with Crippen LogP contribution in [0, 0.1) is 11.7 Å². The molecule has 5 nitrogen and oxygen atoms in total. The minimum absolute atomic E-state index is 0.116. The lowest BCUT2D eigenvalue weighted by molar-refractivity contribution is 0.0740. The maximum Gasteiger partial charge on any atom is 0.253 e. The Kier molecular flexibility index (Phi) is 5.86. The van der Waals surface area contributed by atoms with Gasteiger partial charge in [-0.1, -0.05) is 20.3 Å². The van der Waals surface area contributed by atoms with E-state index in [2.05, 4.69) is 0 Å². The Morgan fingerprint density at radius 3 is 2.48 bits per heavy atom. The Labute approximate surface area is 125 Å². The first-order chi connectivity index (χ1) is 9.70. The first kappa shape index (κ1) is 17.6. The average molecular weight is 316 g/mol. The maximum atomic E-state index is 13.5. The van der Waals surface area contributed by atoms with E-state index in [1.54, 1.807) is 4.90 Å². The first-order valence-corrected chi connectivity index (χ1v) is 8.36. The highest BCUT2D eigenvalue weighted by Crippen LogP contribution is 2.17. The van der Waals surface area contributed by atoms with Crippen molar-refractivity contribution in [3.63, 3.8) is 0 Å². The molecule has 7 heteroatoms. The van der Waals surface area contributed by atoms with E-state index >= 15 is 0 Å². The van der Waals surface area contributed by atoms with Crippen LogP contribution in [0.15, 0.2) is 23.1 Å². The second kappa shape index (κ2) is 7.00. The SMILES string of the molecule is CCC(C)CN(CC)C(=O)c1ccc(F)c(S(N)(=O)=O)c1. The van der Waals surface area contributed by atoms with Crippen molar-refractivity contribution in [2.75, 3.05) is 13.1 Å². The molecular weight excluding hydrogens is 295 g/mol. The van der Waals surface area contributed by atoms with E-state index in [0.29, 0.717) is 19.0 Å². The lowest BCUT2D eigenvalue weighted by atomic mass is 10.1. The quantitative estimate of drug-likeness (QED) is 0.871. The molecule has 0 radical (unpaired) electrons. The van der Waals surface area contributed by atoms with Gasteiger partial charge >= 0.3 is 0 Å². The Morgan fingerprint density at radius 2 is 2.00 bits per heavy atom. The third-order valence-electron chi connectivity index (χ3n) is 3.38. The fourth-order valence-corrected chi connectivity index (χ4v) is 2.53. The summed E-state index contributed by atoms with van der Waals surface area (Å²) in [6, 6.07) is 3.21. The molecule has 0 spiro atoms. The zero-order valence-electron chi connectivity index (χ0n) is 12.5. The Morgan fingerprint density at radius 1 is 1.38 bits per heavy atom. The van der Waals surface area contributed by atoms with Gasteiger partial charge < -0.3 is 4.90 Å². The van der Waals surface area contributed by atoms with Gasteiger partial charge in [0.15, 0.2) is 0 Å². The summed E-state index contributed by atoms with van der Waals surface area (Å²) in [5.41, 5.74) is 0.116. The zero-order valence-corrected chi connectivity index (χ0v) is 13.3. The van der Waals surface area contributed by atoms with Gasteiger partial charge in [0, 0.05) is 18.7 Å². The van der Waals surface area contributed by atoms with Crippen molar-refractivity contribution in [3.8, 4) is 0 Å². The van der Waals surface area contributed by atoms with Crippen molar-refractivity contribution in [3.05, 3.63) is 29.6 Å². The fourth-order valence-electron chi connectivity index (χ4n) is 1.90. The molecule has 0 saturated heterocycles. The summed E-state index contributed by atoms with van der Waals surface area (Å²) in [7, 11) is -4.20. The number of hydrogen-bond donors (Lipinski definition) is 1. The van der Waals surface area contributed by atoms with E-state index in [9.17, 15) is 17.6 Å². The largest absolute Gasteiger partial charge is 0.339 e. The summed E-state index contributed by atoms with van der Waals surface area (Å²) in [6.07, 6.45) is 0.926. The van der Waals surface area contributed by atoms with E-state index in [-0.39, 0.29) is 11.5 Å². The Balaban J connectivity index is 3.12. The summed E-state index contributed by atoms with van der Waals surface area (Å²) < 4.78 is 36.1. The van der Waals surface area contributed by atoms with Gasteiger partial charge in [-0.2, -0.15) is 0 Å². The number of nitrogens with two attached hydrogens (primary N) is 1. The van der Waals surface area contributed by atoms with Crippen LogP contribution in [0.25, 0.3) is 0 Å². The number of primary sulfonamides is 1. The standard InChI is InChI=1S/C14H21FN2O3S/c1-4-10(3)9-17(5-2)14(18)11-6-7-12(15)13(8-11)21(16,19)20/h6-8,10H,4-5,9H2,1-3H3,(H2,16,19,20). The summed E-state index contributed by atoms with van der Waals surface area (Å²) in [6.45, 7) is 6.94. The van der Waals surface area contributed by atoms with Gasteiger partial charge in [0.1, 0.15) is 10.7 Å². The second-order valence-electron chi connectivity index (χ2n) is 5.05. The van der Waals surface area contributed by atoms with E-state index < -0.39 is 20.7 Å². The van der Waals surface area contributed by atoms with Gasteiger partial charge in [-0.15, -0.1) is 0 Å². The van der Waals surface area contributed by atoms with Crippen molar-refractivity contribution < 1.29 is 17.6 Å². The lowest BCUT2D eigenvalue weighted by Crippen LogP contribution is -2.34. The van der Waals surface area contributed by atoms with E-state index in [1.165, 1.54) is 6.07 Å². The number of carbonyl (C=O) groups is 1. The summed E-state index contributed by atoms with van der Waals surface area (Å²) >= 11 is 0. The highest BCUT2D eigenvalue weighted by atomic mass is 32.2. The molecule has 0 saturated carbocycles.